The lowest BCUT2D eigenvalue weighted by molar-refractivity contribution is 0.0456. The van der Waals surface area contributed by atoms with Gasteiger partial charge in [-0.25, -0.2) is 0 Å². The molecule has 3 unspecified atom stereocenters. The van der Waals surface area contributed by atoms with Gasteiger partial charge in [0, 0.05) is 12.6 Å². The van der Waals surface area contributed by atoms with Crippen molar-refractivity contribution < 1.29 is 5.11 Å². The summed E-state index contributed by atoms with van der Waals surface area (Å²) in [6.07, 6.45) is 8.79. The van der Waals surface area contributed by atoms with Crippen LogP contribution in [0.1, 0.15) is 56.6 Å². The first kappa shape index (κ1) is 18.1. The number of nitrogens with zero attached hydrogens (tertiary/aromatic N) is 1. The van der Waals surface area contributed by atoms with Crippen LogP contribution in [0.15, 0.2) is 54.6 Å². The summed E-state index contributed by atoms with van der Waals surface area (Å²) < 4.78 is 0. The molecule has 146 valence electrons. The highest BCUT2D eigenvalue weighted by atomic mass is 16.3. The first-order chi connectivity index (χ1) is 13.8. The molecule has 5 rings (SSSR count). The fraction of sp³-hybridized carbons (Fsp3) is 0.462. The minimum atomic E-state index is -0.382. The molecule has 1 saturated carbocycles. The molecule has 2 heteroatoms. The molecule has 0 aromatic heterocycles. The zero-order chi connectivity index (χ0) is 18.9. The van der Waals surface area contributed by atoms with Crippen molar-refractivity contribution in [2.24, 2.45) is 5.92 Å². The van der Waals surface area contributed by atoms with Gasteiger partial charge in [0.15, 0.2) is 0 Å². The second-order valence-electron chi connectivity index (χ2n) is 8.86. The zero-order valence-electron chi connectivity index (χ0n) is 16.7. The van der Waals surface area contributed by atoms with E-state index < -0.39 is 0 Å². The van der Waals surface area contributed by atoms with Gasteiger partial charge in [-0.05, 0) is 77.7 Å². The van der Waals surface area contributed by atoms with Gasteiger partial charge in [0.25, 0.3) is 0 Å². The third kappa shape index (κ3) is 3.44. The molecule has 1 N–H and O–H groups in total. The van der Waals surface area contributed by atoms with Crippen molar-refractivity contribution in [1.29, 1.82) is 0 Å². The van der Waals surface area contributed by atoms with Crippen LogP contribution in [-0.4, -0.2) is 29.1 Å². The van der Waals surface area contributed by atoms with E-state index >= 15 is 0 Å². The predicted octanol–water partition coefficient (Wildman–Crippen LogP) is 6.07. The lowest BCUT2D eigenvalue weighted by Gasteiger charge is -2.44. The summed E-state index contributed by atoms with van der Waals surface area (Å²) in [6, 6.07) is 20.2. The molecule has 0 radical (unpaired) electrons. The zero-order valence-corrected chi connectivity index (χ0v) is 16.7. The summed E-state index contributed by atoms with van der Waals surface area (Å²) in [5, 5.41) is 16.0. The lowest BCUT2D eigenvalue weighted by Crippen LogP contribution is -2.47. The van der Waals surface area contributed by atoms with Gasteiger partial charge in [-0.3, -0.25) is 0 Å². The number of hydrogen-bond donors (Lipinski definition) is 1. The van der Waals surface area contributed by atoms with Gasteiger partial charge in [0.2, 0.25) is 0 Å². The van der Waals surface area contributed by atoms with Crippen LogP contribution in [0.2, 0.25) is 0 Å². The van der Waals surface area contributed by atoms with E-state index in [0.717, 1.165) is 30.5 Å². The van der Waals surface area contributed by atoms with Crippen molar-refractivity contribution in [2.75, 3.05) is 13.1 Å². The third-order valence-electron chi connectivity index (χ3n) is 7.20. The number of aliphatic hydroxyl groups is 1. The van der Waals surface area contributed by atoms with Crippen LogP contribution in [0.25, 0.3) is 21.5 Å². The van der Waals surface area contributed by atoms with Crippen molar-refractivity contribution in [2.45, 2.75) is 57.1 Å². The predicted molar refractivity (Wildman–Crippen MR) is 118 cm³/mol. The Kier molecular flexibility index (Phi) is 5.09. The fourth-order valence-electron chi connectivity index (χ4n) is 5.69. The van der Waals surface area contributed by atoms with Crippen molar-refractivity contribution in [1.82, 2.24) is 4.90 Å². The van der Waals surface area contributed by atoms with Crippen LogP contribution < -0.4 is 0 Å². The van der Waals surface area contributed by atoms with Crippen molar-refractivity contribution in [3.8, 4) is 0 Å². The van der Waals surface area contributed by atoms with Crippen LogP contribution in [0, 0.1) is 5.92 Å². The Hall–Kier alpha value is -1.90. The molecule has 1 aliphatic carbocycles. The highest BCUT2D eigenvalue weighted by Gasteiger charge is 2.33. The summed E-state index contributed by atoms with van der Waals surface area (Å²) in [5.74, 6) is 0.909. The summed E-state index contributed by atoms with van der Waals surface area (Å²) in [7, 11) is 0. The van der Waals surface area contributed by atoms with E-state index in [1.807, 2.05) is 0 Å². The summed E-state index contributed by atoms with van der Waals surface area (Å²) in [6.45, 7) is 2.24. The van der Waals surface area contributed by atoms with Gasteiger partial charge < -0.3 is 10.0 Å². The van der Waals surface area contributed by atoms with E-state index in [9.17, 15) is 5.11 Å². The van der Waals surface area contributed by atoms with E-state index in [0.29, 0.717) is 0 Å². The van der Waals surface area contributed by atoms with Gasteiger partial charge >= 0.3 is 0 Å². The molecular weight excluding hydrogens is 342 g/mol. The fourth-order valence-corrected chi connectivity index (χ4v) is 5.69. The first-order valence-electron chi connectivity index (χ1n) is 11.1. The molecule has 1 saturated heterocycles. The minimum Gasteiger partial charge on any atom is -0.388 e. The van der Waals surface area contributed by atoms with Crippen LogP contribution in [0.5, 0.6) is 0 Å². The Morgan fingerprint density at radius 2 is 1.61 bits per heavy atom. The highest BCUT2D eigenvalue weighted by molar-refractivity contribution is 6.07. The van der Waals surface area contributed by atoms with Gasteiger partial charge in [-0.2, -0.15) is 0 Å². The Morgan fingerprint density at radius 1 is 0.857 bits per heavy atom. The standard InChI is InChI=1S/C26H31NO/c28-26(15-17-27-16-5-8-21-7-2-4-10-25(21)27)22-14-13-20-12-11-19-6-1-3-9-23(19)24(20)18-22/h1,3,6,9,11-14,18,21,25-26,28H,2,4-5,7-8,10,15-17H2. The average molecular weight is 374 g/mol. The molecule has 2 nitrogen and oxygen atoms in total. The molecule has 0 amide bonds. The average Bonchev–Trinajstić information content (AvgIpc) is 2.77. The highest BCUT2D eigenvalue weighted by Crippen LogP contribution is 2.36. The Bertz CT molecular complexity index is 963. The molecule has 28 heavy (non-hydrogen) atoms. The SMILES string of the molecule is OC(CCN1CCCC2CCCCC21)c1ccc2ccc3ccccc3c2c1. The number of piperidine rings is 1. The van der Waals surface area contributed by atoms with E-state index in [1.54, 1.807) is 0 Å². The molecule has 1 heterocycles. The largest absolute Gasteiger partial charge is 0.388 e. The Morgan fingerprint density at radius 3 is 2.54 bits per heavy atom. The molecule has 3 aromatic rings. The quantitative estimate of drug-likeness (QED) is 0.561. The molecule has 2 fully saturated rings. The number of likely N-dealkylation sites (tertiary alicyclic amines) is 1. The number of rotatable bonds is 4. The van der Waals surface area contributed by atoms with Crippen molar-refractivity contribution in [3.63, 3.8) is 0 Å². The Labute approximate surface area is 168 Å². The topological polar surface area (TPSA) is 23.5 Å². The number of aliphatic hydroxyl groups excluding tert-OH is 1. The summed E-state index contributed by atoms with van der Waals surface area (Å²) in [4.78, 5) is 2.69. The lowest BCUT2D eigenvalue weighted by atomic mass is 9.78. The molecule has 1 aliphatic heterocycles. The third-order valence-corrected chi connectivity index (χ3v) is 7.20. The molecule has 3 atom stereocenters. The maximum Gasteiger partial charge on any atom is 0.0802 e. The van der Waals surface area contributed by atoms with Crippen molar-refractivity contribution in [3.05, 3.63) is 60.2 Å². The second kappa shape index (κ2) is 7.85. The number of fused-ring (bicyclic) bond motifs is 4. The van der Waals surface area contributed by atoms with Gasteiger partial charge in [0.05, 0.1) is 6.10 Å². The van der Waals surface area contributed by atoms with Crippen LogP contribution in [0.4, 0.5) is 0 Å². The Balaban J connectivity index is 1.34. The first-order valence-corrected chi connectivity index (χ1v) is 11.1. The van der Waals surface area contributed by atoms with E-state index in [1.165, 1.54) is 66.6 Å². The molecular formula is C26H31NO. The van der Waals surface area contributed by atoms with Crippen LogP contribution in [0.3, 0.4) is 0 Å². The monoisotopic (exact) mass is 373 g/mol. The summed E-state index contributed by atoms with van der Waals surface area (Å²) >= 11 is 0. The van der Waals surface area contributed by atoms with E-state index in [4.69, 9.17) is 0 Å². The maximum atomic E-state index is 11.0. The second-order valence-corrected chi connectivity index (χ2v) is 8.86. The smallest absolute Gasteiger partial charge is 0.0802 e. The van der Waals surface area contributed by atoms with Crippen LogP contribution in [-0.2, 0) is 0 Å². The molecule has 3 aromatic carbocycles. The van der Waals surface area contributed by atoms with E-state index in [2.05, 4.69) is 59.5 Å². The van der Waals surface area contributed by atoms with Gasteiger partial charge in [0.1, 0.15) is 0 Å². The normalized spacial score (nSPS) is 24.3. The van der Waals surface area contributed by atoms with Gasteiger partial charge in [-0.15, -0.1) is 0 Å². The minimum absolute atomic E-state index is 0.382. The van der Waals surface area contributed by atoms with Crippen LogP contribution >= 0.6 is 0 Å². The summed E-state index contributed by atoms with van der Waals surface area (Å²) in [5.41, 5.74) is 1.06. The molecule has 0 bridgehead atoms. The number of benzene rings is 3. The molecule has 2 aliphatic rings. The molecule has 0 spiro atoms. The number of hydrogen-bond acceptors (Lipinski definition) is 2. The van der Waals surface area contributed by atoms with E-state index in [-0.39, 0.29) is 6.10 Å². The van der Waals surface area contributed by atoms with Gasteiger partial charge in [-0.1, -0.05) is 61.4 Å². The maximum absolute atomic E-state index is 11.0. The van der Waals surface area contributed by atoms with Crippen molar-refractivity contribution >= 4 is 21.5 Å².